The fourth-order valence-corrected chi connectivity index (χ4v) is 4.39. The summed E-state index contributed by atoms with van der Waals surface area (Å²) >= 11 is 7.47. The fourth-order valence-electron chi connectivity index (χ4n) is 2.19. The summed E-state index contributed by atoms with van der Waals surface area (Å²) in [7, 11) is -3.83. The van der Waals surface area contributed by atoms with Crippen molar-refractivity contribution < 1.29 is 13.5 Å². The molecule has 0 fully saturated rings. The summed E-state index contributed by atoms with van der Waals surface area (Å²) in [6, 6.07) is 3.12. The third-order valence-electron chi connectivity index (χ3n) is 3.33. The van der Waals surface area contributed by atoms with Gasteiger partial charge in [-0.15, -0.1) is 0 Å². The van der Waals surface area contributed by atoms with Gasteiger partial charge >= 0.3 is 0 Å². The fraction of sp³-hybridized carbons (Fsp3) is 0.538. The van der Waals surface area contributed by atoms with E-state index in [4.69, 9.17) is 21.8 Å². The molecule has 0 aromatic heterocycles. The lowest BCUT2D eigenvalue weighted by Crippen LogP contribution is -2.28. The third-order valence-corrected chi connectivity index (χ3v) is 5.81. The summed E-state index contributed by atoms with van der Waals surface area (Å²) < 4.78 is 25.2. The summed E-state index contributed by atoms with van der Waals surface area (Å²) in [6.45, 7) is 1.79. The van der Waals surface area contributed by atoms with Gasteiger partial charge in [0, 0.05) is 18.0 Å². The smallest absolute Gasteiger partial charge is 0.239 e. The molecule has 0 spiro atoms. The number of nitrogens with two attached hydrogens (primary N) is 1. The molecule has 0 saturated carbocycles. The number of unbranched alkanes of at least 4 members (excludes halogenated alkanes) is 3. The van der Waals surface area contributed by atoms with Crippen LogP contribution in [0.4, 0.5) is 5.69 Å². The third kappa shape index (κ3) is 4.74. The number of hydrogen-bond acceptors (Lipinski definition) is 6. The Labute approximate surface area is 140 Å². The number of halogens is 1. The molecule has 4 N–H and O–H groups in total. The van der Waals surface area contributed by atoms with Gasteiger partial charge in [-0.25, -0.2) is 17.9 Å². The number of nitrogens with one attached hydrogen (secondary N) is 1. The number of aliphatic hydroxyl groups excluding tert-OH is 1. The minimum absolute atomic E-state index is 0.0491. The average molecular weight is 366 g/mol. The Kier molecular flexibility index (Phi) is 6.36. The van der Waals surface area contributed by atoms with E-state index in [2.05, 4.69) is 9.62 Å². The molecular formula is C13H20ClN3O3S2. The van der Waals surface area contributed by atoms with Gasteiger partial charge in [0.2, 0.25) is 10.0 Å². The van der Waals surface area contributed by atoms with Gasteiger partial charge in [-0.3, -0.25) is 0 Å². The summed E-state index contributed by atoms with van der Waals surface area (Å²) in [6.07, 6.45) is 3.95. The molecule has 0 radical (unpaired) electrons. The van der Waals surface area contributed by atoms with E-state index in [0.717, 1.165) is 42.8 Å². The van der Waals surface area contributed by atoms with Crippen molar-refractivity contribution in [3.05, 3.63) is 17.2 Å². The molecule has 6 nitrogen and oxygen atoms in total. The number of anilines is 1. The number of primary sulfonamides is 1. The van der Waals surface area contributed by atoms with Crippen LogP contribution < -0.4 is 10.5 Å². The second kappa shape index (κ2) is 7.85. The molecule has 9 heteroatoms. The number of sulfonamides is 1. The van der Waals surface area contributed by atoms with Crippen LogP contribution in [-0.2, 0) is 10.0 Å². The lowest BCUT2D eigenvalue weighted by atomic mass is 10.2. The van der Waals surface area contributed by atoms with Crippen molar-refractivity contribution in [3.63, 3.8) is 0 Å². The Morgan fingerprint density at radius 1 is 1.32 bits per heavy atom. The lowest BCUT2D eigenvalue weighted by Gasteiger charge is -2.29. The van der Waals surface area contributed by atoms with Gasteiger partial charge in [0.25, 0.3) is 0 Å². The average Bonchev–Trinajstić information content (AvgIpc) is 2.45. The molecule has 2 rings (SSSR count). The molecule has 1 heterocycles. The van der Waals surface area contributed by atoms with Crippen LogP contribution >= 0.6 is 23.5 Å². The predicted octanol–water partition coefficient (Wildman–Crippen LogP) is 2.23. The minimum atomic E-state index is -3.83. The van der Waals surface area contributed by atoms with Gasteiger partial charge in [0.05, 0.1) is 17.4 Å². The molecule has 1 aromatic rings. The van der Waals surface area contributed by atoms with Crippen molar-refractivity contribution >= 4 is 39.3 Å². The monoisotopic (exact) mass is 365 g/mol. The molecule has 0 amide bonds. The van der Waals surface area contributed by atoms with Crippen molar-refractivity contribution in [2.75, 3.05) is 25.1 Å². The van der Waals surface area contributed by atoms with Crippen LogP contribution in [0.2, 0.25) is 5.02 Å². The predicted molar refractivity (Wildman–Crippen MR) is 89.4 cm³/mol. The highest BCUT2D eigenvalue weighted by atomic mass is 35.5. The minimum Gasteiger partial charge on any atom is -0.396 e. The Morgan fingerprint density at radius 2 is 2.05 bits per heavy atom. The first kappa shape index (κ1) is 17.8. The number of nitrogens with zero attached hydrogens (tertiary/aromatic N) is 1. The maximum Gasteiger partial charge on any atom is 0.239 e. The van der Waals surface area contributed by atoms with Crippen molar-refractivity contribution in [1.82, 2.24) is 4.31 Å². The molecule has 124 valence electrons. The molecular weight excluding hydrogens is 346 g/mol. The van der Waals surface area contributed by atoms with E-state index >= 15 is 0 Å². The first-order chi connectivity index (χ1) is 10.4. The van der Waals surface area contributed by atoms with Gasteiger partial charge in [-0.05, 0) is 36.9 Å². The molecule has 0 bridgehead atoms. The first-order valence-corrected chi connectivity index (χ1v) is 9.75. The topological polar surface area (TPSA) is 95.7 Å². The van der Waals surface area contributed by atoms with E-state index in [1.165, 1.54) is 18.0 Å². The molecule has 1 aliphatic rings. The molecule has 0 saturated heterocycles. The number of hydrogen-bond donors (Lipinski definition) is 3. The Hall–Kier alpha value is -0.510. The maximum atomic E-state index is 11.5. The van der Waals surface area contributed by atoms with Crippen molar-refractivity contribution in [2.45, 2.75) is 35.5 Å². The summed E-state index contributed by atoms with van der Waals surface area (Å²) in [5.41, 5.74) is 0.818. The summed E-state index contributed by atoms with van der Waals surface area (Å²) in [5, 5.41) is 17.3. The van der Waals surface area contributed by atoms with Gasteiger partial charge < -0.3 is 10.4 Å². The Morgan fingerprint density at radius 3 is 2.73 bits per heavy atom. The number of fused-ring (bicyclic) bond motifs is 1. The van der Waals surface area contributed by atoms with E-state index in [0.29, 0.717) is 6.67 Å². The molecule has 22 heavy (non-hydrogen) atoms. The van der Waals surface area contributed by atoms with E-state index in [1.54, 1.807) is 6.07 Å². The largest absolute Gasteiger partial charge is 0.396 e. The molecule has 0 unspecified atom stereocenters. The number of benzene rings is 1. The van der Waals surface area contributed by atoms with Crippen LogP contribution in [0.25, 0.3) is 0 Å². The zero-order chi connectivity index (χ0) is 16.2. The summed E-state index contributed by atoms with van der Waals surface area (Å²) in [4.78, 5) is 0.752. The highest BCUT2D eigenvalue weighted by Crippen LogP contribution is 2.38. The van der Waals surface area contributed by atoms with E-state index < -0.39 is 10.0 Å². The standard InChI is InChI=1S/C13H20ClN3O3S2/c14-10-7-11-12(8-13(10)22(15,19)20)21-17(9-16-11)5-3-1-2-4-6-18/h7-8,16,18H,1-6,9H2,(H2,15,19,20). The van der Waals surface area contributed by atoms with Gasteiger partial charge in [-0.1, -0.05) is 24.4 Å². The lowest BCUT2D eigenvalue weighted by molar-refractivity contribution is 0.281. The Bertz CT molecular complexity index is 625. The van der Waals surface area contributed by atoms with Gasteiger partial charge in [0.1, 0.15) is 4.90 Å². The van der Waals surface area contributed by atoms with Crippen LogP contribution in [-0.4, -0.2) is 37.6 Å². The quantitative estimate of drug-likeness (QED) is 0.506. The van der Waals surface area contributed by atoms with Crippen LogP contribution in [0.1, 0.15) is 25.7 Å². The van der Waals surface area contributed by atoms with Crippen molar-refractivity contribution in [2.24, 2.45) is 5.14 Å². The Balaban J connectivity index is 2.00. The second-order valence-corrected chi connectivity index (χ2v) is 8.17. The van der Waals surface area contributed by atoms with Gasteiger partial charge in [0.15, 0.2) is 0 Å². The normalized spacial score (nSPS) is 15.4. The molecule has 1 aromatic carbocycles. The zero-order valence-corrected chi connectivity index (χ0v) is 14.5. The van der Waals surface area contributed by atoms with Crippen LogP contribution in [0.15, 0.2) is 21.9 Å². The zero-order valence-electron chi connectivity index (χ0n) is 12.1. The van der Waals surface area contributed by atoms with Crippen LogP contribution in [0, 0.1) is 0 Å². The van der Waals surface area contributed by atoms with E-state index in [1.807, 2.05) is 0 Å². The molecule has 1 aliphatic heterocycles. The highest BCUT2D eigenvalue weighted by molar-refractivity contribution is 7.97. The SMILES string of the molecule is NS(=O)(=O)c1cc2c(cc1Cl)NCN(CCCCCCO)S2. The number of aliphatic hydroxyl groups is 1. The van der Waals surface area contributed by atoms with Crippen molar-refractivity contribution in [1.29, 1.82) is 0 Å². The first-order valence-electron chi connectivity index (χ1n) is 7.06. The summed E-state index contributed by atoms with van der Waals surface area (Å²) in [5.74, 6) is 0. The highest BCUT2D eigenvalue weighted by Gasteiger charge is 2.22. The number of rotatable bonds is 7. The van der Waals surface area contributed by atoms with Gasteiger partial charge in [-0.2, -0.15) is 0 Å². The van der Waals surface area contributed by atoms with Crippen molar-refractivity contribution in [3.8, 4) is 0 Å². The van der Waals surface area contributed by atoms with E-state index in [9.17, 15) is 8.42 Å². The second-order valence-electron chi connectivity index (χ2n) is 5.09. The van der Waals surface area contributed by atoms with Crippen LogP contribution in [0.3, 0.4) is 0 Å². The molecule has 0 aliphatic carbocycles. The maximum absolute atomic E-state index is 11.5. The van der Waals surface area contributed by atoms with E-state index in [-0.39, 0.29) is 16.5 Å². The molecule has 0 atom stereocenters. The van der Waals surface area contributed by atoms with Crippen LogP contribution in [0.5, 0.6) is 0 Å².